The molecule has 3 aromatic carbocycles. The number of halogens is 1. The van der Waals surface area contributed by atoms with Crippen molar-refractivity contribution in [1.29, 1.82) is 0 Å². The van der Waals surface area contributed by atoms with Crippen LogP contribution in [0.3, 0.4) is 0 Å². The minimum absolute atomic E-state index is 0.785. The Hall–Kier alpha value is -2.35. The van der Waals surface area contributed by atoms with E-state index in [0.29, 0.717) is 0 Å². The van der Waals surface area contributed by atoms with E-state index in [9.17, 15) is 0 Å². The van der Waals surface area contributed by atoms with Gasteiger partial charge in [0, 0.05) is 11.6 Å². The first-order valence-electron chi connectivity index (χ1n) is 9.09. The van der Waals surface area contributed by atoms with Crippen LogP contribution in [0, 0.1) is 0 Å². The Kier molecular flexibility index (Phi) is 7.06. The van der Waals surface area contributed by atoms with Crippen molar-refractivity contribution in [3.05, 3.63) is 113 Å². The Morgan fingerprint density at radius 2 is 1.35 bits per heavy atom. The summed E-state index contributed by atoms with van der Waals surface area (Å²) in [7, 11) is 0. The Morgan fingerprint density at radius 1 is 0.769 bits per heavy atom. The van der Waals surface area contributed by atoms with Crippen molar-refractivity contribution in [2.75, 3.05) is 6.54 Å². The van der Waals surface area contributed by atoms with Crippen LogP contribution in [-0.4, -0.2) is 6.54 Å². The van der Waals surface area contributed by atoms with E-state index < -0.39 is 0 Å². The van der Waals surface area contributed by atoms with E-state index in [4.69, 9.17) is 11.6 Å². The zero-order valence-electron chi connectivity index (χ0n) is 14.9. The zero-order chi connectivity index (χ0) is 18.0. The molecule has 0 fully saturated rings. The molecular weight excluding hydrogens is 338 g/mol. The molecule has 0 aliphatic heterocycles. The van der Waals surface area contributed by atoms with Crippen LogP contribution in [0.4, 0.5) is 0 Å². The van der Waals surface area contributed by atoms with Gasteiger partial charge in [-0.15, -0.1) is 0 Å². The highest BCUT2D eigenvalue weighted by Gasteiger charge is 2.03. The number of benzene rings is 3. The fraction of sp³-hybridized carbons (Fsp3) is 0.167. The van der Waals surface area contributed by atoms with Crippen molar-refractivity contribution < 1.29 is 0 Å². The summed E-state index contributed by atoms with van der Waals surface area (Å²) in [4.78, 5) is 0. The van der Waals surface area contributed by atoms with Crippen molar-refractivity contribution in [3.63, 3.8) is 0 Å². The maximum atomic E-state index is 5.92. The number of rotatable bonds is 8. The molecule has 2 heteroatoms. The Bertz CT molecular complexity index is 766. The summed E-state index contributed by atoms with van der Waals surface area (Å²) in [6, 6.07) is 29.2. The maximum Gasteiger partial charge on any atom is 0.0406 e. The third-order valence-electron chi connectivity index (χ3n) is 4.32. The van der Waals surface area contributed by atoms with Crippen LogP contribution >= 0.6 is 11.6 Å². The van der Waals surface area contributed by atoms with Gasteiger partial charge in [-0.2, -0.15) is 0 Å². The lowest BCUT2D eigenvalue weighted by molar-refractivity contribution is 0.655. The number of unbranched alkanes of at least 4 members (excludes halogenated alkanes) is 1. The van der Waals surface area contributed by atoms with Gasteiger partial charge in [0.25, 0.3) is 0 Å². The summed E-state index contributed by atoms with van der Waals surface area (Å²) >= 11 is 5.92. The molecule has 0 radical (unpaired) electrons. The fourth-order valence-corrected chi connectivity index (χ4v) is 3.07. The molecule has 0 aliphatic rings. The first-order valence-corrected chi connectivity index (χ1v) is 9.47. The van der Waals surface area contributed by atoms with Gasteiger partial charge in [-0.25, -0.2) is 0 Å². The largest absolute Gasteiger partial charge is 0.313 e. The molecule has 26 heavy (non-hydrogen) atoms. The third-order valence-corrected chi connectivity index (χ3v) is 4.57. The highest BCUT2D eigenvalue weighted by molar-refractivity contribution is 6.30. The lowest BCUT2D eigenvalue weighted by Crippen LogP contribution is -2.14. The second-order valence-corrected chi connectivity index (χ2v) is 6.73. The molecule has 0 heterocycles. The van der Waals surface area contributed by atoms with Crippen LogP contribution in [0.15, 0.2) is 91.0 Å². The van der Waals surface area contributed by atoms with Crippen molar-refractivity contribution in [2.24, 2.45) is 0 Å². The minimum atomic E-state index is 0.785. The van der Waals surface area contributed by atoms with E-state index in [1.165, 1.54) is 22.3 Å². The topological polar surface area (TPSA) is 12.0 Å². The lowest BCUT2D eigenvalue weighted by Gasteiger charge is -2.09. The van der Waals surface area contributed by atoms with E-state index in [0.717, 1.165) is 31.0 Å². The summed E-state index contributed by atoms with van der Waals surface area (Å²) in [6.07, 6.45) is 4.51. The molecule has 1 N–H and O–H groups in total. The molecule has 0 aliphatic carbocycles. The number of hydrogen-bond donors (Lipinski definition) is 1. The molecular formula is C24H24ClN. The average Bonchev–Trinajstić information content (AvgIpc) is 2.70. The monoisotopic (exact) mass is 361 g/mol. The molecule has 0 bridgehead atoms. The molecule has 3 rings (SSSR count). The normalized spacial score (nSPS) is 10.5. The van der Waals surface area contributed by atoms with Crippen molar-refractivity contribution >= 4 is 17.2 Å². The maximum absolute atomic E-state index is 5.92. The summed E-state index contributed by atoms with van der Waals surface area (Å²) in [5, 5.41) is 4.29. The summed E-state index contributed by atoms with van der Waals surface area (Å²) in [5.74, 6) is 0. The molecule has 132 valence electrons. The van der Waals surface area contributed by atoms with Crippen molar-refractivity contribution in [1.82, 2.24) is 5.32 Å². The van der Waals surface area contributed by atoms with Gasteiger partial charge in [-0.05, 0) is 53.8 Å². The summed E-state index contributed by atoms with van der Waals surface area (Å²) in [5.41, 5.74) is 5.11. The molecule has 0 saturated heterocycles. The van der Waals surface area contributed by atoms with E-state index in [-0.39, 0.29) is 0 Å². The smallest absolute Gasteiger partial charge is 0.0406 e. The minimum Gasteiger partial charge on any atom is -0.313 e. The van der Waals surface area contributed by atoms with E-state index in [1.807, 2.05) is 12.1 Å². The Balaban J connectivity index is 1.55. The summed E-state index contributed by atoms with van der Waals surface area (Å²) in [6.45, 7) is 1.88. The predicted molar refractivity (Wildman–Crippen MR) is 112 cm³/mol. The van der Waals surface area contributed by atoms with Gasteiger partial charge in [-0.1, -0.05) is 90.5 Å². The molecule has 0 atom stereocenters. The van der Waals surface area contributed by atoms with Gasteiger partial charge in [0.2, 0.25) is 0 Å². The molecule has 0 saturated carbocycles. The van der Waals surface area contributed by atoms with Gasteiger partial charge >= 0.3 is 0 Å². The molecule has 0 aromatic heterocycles. The zero-order valence-corrected chi connectivity index (χ0v) is 15.6. The number of allylic oxidation sites excluding steroid dienone is 1. The molecule has 0 amide bonds. The average molecular weight is 362 g/mol. The molecule has 1 nitrogen and oxygen atoms in total. The fourth-order valence-electron chi connectivity index (χ4n) is 2.95. The molecule has 3 aromatic rings. The highest BCUT2D eigenvalue weighted by atomic mass is 35.5. The van der Waals surface area contributed by atoms with E-state index >= 15 is 0 Å². The number of nitrogens with one attached hydrogen (secondary N) is 1. The van der Waals surface area contributed by atoms with Crippen molar-refractivity contribution in [3.8, 4) is 0 Å². The first kappa shape index (κ1) is 18.4. The van der Waals surface area contributed by atoms with Crippen LogP contribution in [0.2, 0.25) is 5.02 Å². The lowest BCUT2D eigenvalue weighted by atomic mass is 9.96. The van der Waals surface area contributed by atoms with Gasteiger partial charge in [0.15, 0.2) is 0 Å². The van der Waals surface area contributed by atoms with Crippen LogP contribution in [-0.2, 0) is 6.54 Å². The van der Waals surface area contributed by atoms with Gasteiger partial charge < -0.3 is 5.32 Å². The highest BCUT2D eigenvalue weighted by Crippen LogP contribution is 2.23. The van der Waals surface area contributed by atoms with E-state index in [2.05, 4.69) is 84.2 Å². The van der Waals surface area contributed by atoms with Crippen LogP contribution in [0.1, 0.15) is 29.5 Å². The predicted octanol–water partition coefficient (Wildman–Crippen LogP) is 6.34. The quantitative estimate of drug-likeness (QED) is 0.461. The SMILES string of the molecule is Clc1ccc(CNCCCC=C(c2ccccc2)c2ccccc2)cc1. The number of hydrogen-bond acceptors (Lipinski definition) is 1. The third kappa shape index (κ3) is 5.59. The van der Waals surface area contributed by atoms with Crippen molar-refractivity contribution in [2.45, 2.75) is 19.4 Å². The van der Waals surface area contributed by atoms with Crippen LogP contribution < -0.4 is 5.32 Å². The molecule has 0 unspecified atom stereocenters. The Labute approximate surface area is 161 Å². The van der Waals surface area contributed by atoms with Gasteiger partial charge in [0.1, 0.15) is 0 Å². The van der Waals surface area contributed by atoms with Crippen LogP contribution in [0.25, 0.3) is 5.57 Å². The van der Waals surface area contributed by atoms with Crippen LogP contribution in [0.5, 0.6) is 0 Å². The second-order valence-electron chi connectivity index (χ2n) is 6.30. The standard InChI is InChI=1S/C24H24ClN/c25-23-16-14-20(15-17-23)19-26-18-8-7-13-24(21-9-3-1-4-10-21)22-11-5-2-6-12-22/h1-6,9-17,26H,7-8,18-19H2. The Morgan fingerprint density at radius 3 is 1.92 bits per heavy atom. The van der Waals surface area contributed by atoms with Gasteiger partial charge in [-0.3, -0.25) is 0 Å². The van der Waals surface area contributed by atoms with Gasteiger partial charge in [0.05, 0.1) is 0 Å². The second kappa shape index (κ2) is 9.96. The molecule has 0 spiro atoms. The summed E-state index contributed by atoms with van der Waals surface area (Å²) < 4.78 is 0. The first-order chi connectivity index (χ1) is 12.8. The van der Waals surface area contributed by atoms with E-state index in [1.54, 1.807) is 0 Å².